The van der Waals surface area contributed by atoms with Crippen LogP contribution in [0.5, 0.6) is 0 Å². The minimum absolute atomic E-state index is 0.0333. The minimum atomic E-state index is -3.34. The first-order valence-electron chi connectivity index (χ1n) is 4.22. The lowest BCUT2D eigenvalue weighted by molar-refractivity contribution is 0.557. The van der Waals surface area contributed by atoms with Gasteiger partial charge in [0.15, 0.2) is 0 Å². The van der Waals surface area contributed by atoms with Crippen LogP contribution >= 0.6 is 27.3 Å². The Kier molecular flexibility index (Phi) is 4.12. The number of rotatable bonds is 4. The van der Waals surface area contributed by atoms with Gasteiger partial charge in [-0.25, -0.2) is 13.1 Å². The van der Waals surface area contributed by atoms with Crippen LogP contribution in [-0.4, -0.2) is 14.5 Å². The molecule has 6 heteroatoms. The third kappa shape index (κ3) is 2.79. The van der Waals surface area contributed by atoms with Crippen molar-refractivity contribution in [2.75, 3.05) is 0 Å². The summed E-state index contributed by atoms with van der Waals surface area (Å²) in [5.74, 6) is 0. The molecule has 14 heavy (non-hydrogen) atoms. The summed E-state index contributed by atoms with van der Waals surface area (Å²) >= 11 is 4.42. The minimum Gasteiger partial charge on any atom is -0.208 e. The van der Waals surface area contributed by atoms with Crippen molar-refractivity contribution in [3.8, 4) is 0 Å². The maximum atomic E-state index is 11.8. The Morgan fingerprint density at radius 2 is 2.29 bits per heavy atom. The molecule has 0 radical (unpaired) electrons. The first-order chi connectivity index (χ1) is 6.47. The molecule has 0 aromatic carbocycles. The van der Waals surface area contributed by atoms with E-state index < -0.39 is 10.0 Å². The molecule has 1 atom stereocenters. The largest absolute Gasteiger partial charge is 0.251 e. The quantitative estimate of drug-likeness (QED) is 0.928. The summed E-state index contributed by atoms with van der Waals surface area (Å²) < 4.78 is 27.1. The smallest absolute Gasteiger partial charge is 0.208 e. The van der Waals surface area contributed by atoms with Crippen molar-refractivity contribution in [2.45, 2.75) is 30.5 Å². The molecule has 0 aliphatic heterocycles. The zero-order chi connectivity index (χ0) is 10.8. The molecule has 0 fully saturated rings. The molecule has 1 aromatic heterocycles. The van der Waals surface area contributed by atoms with E-state index in [-0.39, 0.29) is 6.04 Å². The Labute approximate surface area is 96.7 Å². The fraction of sp³-hybridized carbons (Fsp3) is 0.500. The summed E-state index contributed by atoms with van der Waals surface area (Å²) in [4.78, 5) is 0. The highest BCUT2D eigenvalue weighted by molar-refractivity contribution is 9.10. The van der Waals surface area contributed by atoms with Gasteiger partial charge in [-0.15, -0.1) is 11.3 Å². The van der Waals surface area contributed by atoms with Gasteiger partial charge in [0.2, 0.25) is 0 Å². The third-order valence-electron chi connectivity index (χ3n) is 1.80. The van der Waals surface area contributed by atoms with E-state index >= 15 is 0 Å². The highest BCUT2D eigenvalue weighted by Crippen LogP contribution is 2.27. The molecule has 0 saturated heterocycles. The molecule has 0 aliphatic rings. The van der Waals surface area contributed by atoms with Gasteiger partial charge in [0.05, 0.1) is 0 Å². The van der Waals surface area contributed by atoms with Crippen LogP contribution < -0.4 is 4.72 Å². The molecule has 0 aliphatic carbocycles. The molecule has 1 unspecified atom stereocenters. The monoisotopic (exact) mass is 297 g/mol. The lowest BCUT2D eigenvalue weighted by atomic mass is 10.3. The average molecular weight is 298 g/mol. The van der Waals surface area contributed by atoms with Gasteiger partial charge in [-0.3, -0.25) is 0 Å². The Bertz CT molecular complexity index is 399. The number of thiophene rings is 1. The number of hydrogen-bond donors (Lipinski definition) is 1. The predicted octanol–water partition coefficient (Wildman–Crippen LogP) is 2.59. The highest BCUT2D eigenvalue weighted by Gasteiger charge is 2.20. The van der Waals surface area contributed by atoms with Gasteiger partial charge >= 0.3 is 0 Å². The zero-order valence-corrected chi connectivity index (χ0v) is 11.2. The molecule has 1 aromatic rings. The fourth-order valence-corrected chi connectivity index (χ4v) is 4.55. The summed E-state index contributed by atoms with van der Waals surface area (Å²) in [5.41, 5.74) is 0. The van der Waals surface area contributed by atoms with Gasteiger partial charge in [0.25, 0.3) is 10.0 Å². The van der Waals surface area contributed by atoms with Crippen LogP contribution in [0, 0.1) is 0 Å². The van der Waals surface area contributed by atoms with Crippen LogP contribution in [0.1, 0.15) is 20.3 Å². The third-order valence-corrected chi connectivity index (χ3v) is 6.06. The molecule has 0 spiro atoms. The van der Waals surface area contributed by atoms with Crippen molar-refractivity contribution >= 4 is 37.3 Å². The normalized spacial score (nSPS) is 14.2. The van der Waals surface area contributed by atoms with Gasteiger partial charge < -0.3 is 0 Å². The molecule has 0 bridgehead atoms. The zero-order valence-electron chi connectivity index (χ0n) is 7.95. The van der Waals surface area contributed by atoms with Gasteiger partial charge in [-0.2, -0.15) is 0 Å². The molecule has 0 amide bonds. The highest BCUT2D eigenvalue weighted by atomic mass is 79.9. The van der Waals surface area contributed by atoms with E-state index in [1.165, 1.54) is 11.3 Å². The SMILES string of the molecule is CCC(C)NS(=O)(=O)c1sccc1Br. The molecule has 1 heterocycles. The van der Waals surface area contributed by atoms with Crippen molar-refractivity contribution in [3.63, 3.8) is 0 Å². The average Bonchev–Trinajstić information content (AvgIpc) is 2.51. The predicted molar refractivity (Wildman–Crippen MR) is 62.1 cm³/mol. The summed E-state index contributed by atoms with van der Waals surface area (Å²) in [6.45, 7) is 3.79. The van der Waals surface area contributed by atoms with Gasteiger partial charge in [-0.05, 0) is 40.7 Å². The summed E-state index contributed by atoms with van der Waals surface area (Å²) in [5, 5.41) is 1.75. The van der Waals surface area contributed by atoms with Crippen molar-refractivity contribution in [1.29, 1.82) is 0 Å². The molecule has 0 saturated carbocycles. The summed E-state index contributed by atoms with van der Waals surface area (Å²) in [6.07, 6.45) is 0.780. The van der Waals surface area contributed by atoms with Crippen LogP contribution in [-0.2, 0) is 10.0 Å². The second-order valence-electron chi connectivity index (χ2n) is 2.99. The van der Waals surface area contributed by atoms with E-state index in [1.807, 2.05) is 13.8 Å². The van der Waals surface area contributed by atoms with Crippen LogP contribution in [0.15, 0.2) is 20.1 Å². The van der Waals surface area contributed by atoms with Crippen molar-refractivity contribution in [1.82, 2.24) is 4.72 Å². The van der Waals surface area contributed by atoms with Gasteiger partial charge in [-0.1, -0.05) is 6.92 Å². The van der Waals surface area contributed by atoms with Crippen molar-refractivity contribution in [2.24, 2.45) is 0 Å². The maximum Gasteiger partial charge on any atom is 0.251 e. The first-order valence-corrected chi connectivity index (χ1v) is 7.38. The standard InChI is InChI=1S/C8H12BrNO2S2/c1-3-6(2)10-14(11,12)8-7(9)4-5-13-8/h4-6,10H,3H2,1-2H3. The Morgan fingerprint density at radius 1 is 1.64 bits per heavy atom. The van der Waals surface area contributed by atoms with E-state index in [0.717, 1.165) is 6.42 Å². The fourth-order valence-electron chi connectivity index (χ4n) is 0.873. The topological polar surface area (TPSA) is 46.2 Å². The van der Waals surface area contributed by atoms with E-state index in [4.69, 9.17) is 0 Å². The van der Waals surface area contributed by atoms with E-state index in [1.54, 1.807) is 11.4 Å². The lowest BCUT2D eigenvalue weighted by Gasteiger charge is -2.10. The van der Waals surface area contributed by atoms with Crippen LogP contribution in [0.3, 0.4) is 0 Å². The molecule has 1 rings (SSSR count). The lowest BCUT2D eigenvalue weighted by Crippen LogP contribution is -2.31. The molecular weight excluding hydrogens is 286 g/mol. The van der Waals surface area contributed by atoms with Gasteiger partial charge in [0.1, 0.15) is 4.21 Å². The Balaban J connectivity index is 2.92. The van der Waals surface area contributed by atoms with Crippen LogP contribution in [0.25, 0.3) is 0 Å². The number of nitrogens with one attached hydrogen (secondary N) is 1. The second-order valence-corrected chi connectivity index (χ2v) is 6.67. The van der Waals surface area contributed by atoms with Crippen molar-refractivity contribution < 1.29 is 8.42 Å². The van der Waals surface area contributed by atoms with Crippen LogP contribution in [0.2, 0.25) is 0 Å². The van der Waals surface area contributed by atoms with Crippen LogP contribution in [0.4, 0.5) is 0 Å². The molecular formula is C8H12BrNO2S2. The number of hydrogen-bond acceptors (Lipinski definition) is 3. The maximum absolute atomic E-state index is 11.8. The second kappa shape index (κ2) is 4.74. The molecule has 3 nitrogen and oxygen atoms in total. The van der Waals surface area contributed by atoms with Crippen molar-refractivity contribution in [3.05, 3.63) is 15.9 Å². The van der Waals surface area contributed by atoms with Gasteiger partial charge in [0, 0.05) is 10.5 Å². The van der Waals surface area contributed by atoms with E-state index in [2.05, 4.69) is 20.7 Å². The van der Waals surface area contributed by atoms with E-state index in [0.29, 0.717) is 8.68 Å². The first kappa shape index (κ1) is 12.2. The summed E-state index contributed by atoms with van der Waals surface area (Å²) in [7, 11) is -3.34. The summed E-state index contributed by atoms with van der Waals surface area (Å²) in [6, 6.07) is 1.70. The van der Waals surface area contributed by atoms with E-state index in [9.17, 15) is 8.42 Å². The number of halogens is 1. The Hall–Kier alpha value is 0.0900. The number of sulfonamides is 1. The molecule has 1 N–H and O–H groups in total. The molecule has 80 valence electrons. The Morgan fingerprint density at radius 3 is 2.71 bits per heavy atom.